The van der Waals surface area contributed by atoms with E-state index in [1.165, 1.54) is 0 Å². The SMILES string of the molecule is CC(C)NCCOC/C=C\COCC(=O)C(C)C. The van der Waals surface area contributed by atoms with Crippen molar-refractivity contribution in [3.63, 3.8) is 0 Å². The summed E-state index contributed by atoms with van der Waals surface area (Å²) in [6, 6.07) is 0.496. The van der Waals surface area contributed by atoms with Gasteiger partial charge in [-0.2, -0.15) is 0 Å². The Hall–Kier alpha value is -0.710. The Bertz CT molecular complexity index is 237. The van der Waals surface area contributed by atoms with Gasteiger partial charge in [-0.25, -0.2) is 0 Å². The van der Waals surface area contributed by atoms with E-state index in [0.29, 0.717) is 25.9 Å². The van der Waals surface area contributed by atoms with Crippen LogP contribution in [0.3, 0.4) is 0 Å². The molecule has 106 valence electrons. The smallest absolute Gasteiger partial charge is 0.160 e. The van der Waals surface area contributed by atoms with E-state index in [1.807, 2.05) is 26.0 Å². The number of Topliss-reactive ketones (excluding diaryl/α,β-unsaturated/α-hetero) is 1. The summed E-state index contributed by atoms with van der Waals surface area (Å²) in [7, 11) is 0. The van der Waals surface area contributed by atoms with Crippen LogP contribution >= 0.6 is 0 Å². The summed E-state index contributed by atoms with van der Waals surface area (Å²) in [5.41, 5.74) is 0. The van der Waals surface area contributed by atoms with E-state index in [1.54, 1.807) is 0 Å². The first-order valence-electron chi connectivity index (χ1n) is 6.60. The normalized spacial score (nSPS) is 11.9. The monoisotopic (exact) mass is 257 g/mol. The van der Waals surface area contributed by atoms with Gasteiger partial charge < -0.3 is 14.8 Å². The van der Waals surface area contributed by atoms with Gasteiger partial charge in [-0.3, -0.25) is 4.79 Å². The molecule has 4 heteroatoms. The lowest BCUT2D eigenvalue weighted by Crippen LogP contribution is -2.26. The third-order valence-corrected chi connectivity index (χ3v) is 2.28. The molecule has 1 N–H and O–H groups in total. The lowest BCUT2D eigenvalue weighted by molar-refractivity contribution is -0.126. The summed E-state index contributed by atoms with van der Waals surface area (Å²) in [6.45, 7) is 10.8. The Kier molecular flexibility index (Phi) is 10.9. The molecule has 0 saturated carbocycles. The molecule has 0 aliphatic heterocycles. The molecule has 0 heterocycles. The van der Waals surface area contributed by atoms with E-state index in [-0.39, 0.29) is 18.3 Å². The maximum absolute atomic E-state index is 11.2. The van der Waals surface area contributed by atoms with E-state index < -0.39 is 0 Å². The molecule has 0 radical (unpaired) electrons. The average molecular weight is 257 g/mol. The number of carbonyl (C=O) groups is 1. The predicted molar refractivity (Wildman–Crippen MR) is 73.8 cm³/mol. The summed E-state index contributed by atoms with van der Waals surface area (Å²) >= 11 is 0. The summed E-state index contributed by atoms with van der Waals surface area (Å²) in [5.74, 6) is 0.185. The van der Waals surface area contributed by atoms with Crippen LogP contribution in [-0.2, 0) is 14.3 Å². The summed E-state index contributed by atoms with van der Waals surface area (Å²) in [5, 5.41) is 3.27. The molecule has 0 aliphatic carbocycles. The maximum atomic E-state index is 11.2. The molecule has 4 nitrogen and oxygen atoms in total. The molecule has 18 heavy (non-hydrogen) atoms. The highest BCUT2D eigenvalue weighted by molar-refractivity contribution is 5.81. The number of ether oxygens (including phenoxy) is 2. The van der Waals surface area contributed by atoms with Gasteiger partial charge in [0, 0.05) is 18.5 Å². The van der Waals surface area contributed by atoms with Crippen molar-refractivity contribution in [1.82, 2.24) is 5.32 Å². The minimum Gasteiger partial charge on any atom is -0.376 e. The second-order valence-corrected chi connectivity index (χ2v) is 4.79. The van der Waals surface area contributed by atoms with Crippen LogP contribution in [0.2, 0.25) is 0 Å². The number of ketones is 1. The molecule has 0 aromatic heterocycles. The van der Waals surface area contributed by atoms with Crippen molar-refractivity contribution in [2.24, 2.45) is 5.92 Å². The van der Waals surface area contributed by atoms with Crippen molar-refractivity contribution in [3.05, 3.63) is 12.2 Å². The van der Waals surface area contributed by atoms with Crippen molar-refractivity contribution in [1.29, 1.82) is 0 Å². The van der Waals surface area contributed by atoms with Crippen LogP contribution in [0.1, 0.15) is 27.7 Å². The van der Waals surface area contributed by atoms with Crippen LogP contribution in [0, 0.1) is 5.92 Å². The van der Waals surface area contributed by atoms with Crippen molar-refractivity contribution < 1.29 is 14.3 Å². The molecule has 0 aromatic rings. The standard InChI is InChI=1S/C14H27NO3/c1-12(2)14(16)11-18-9-6-5-8-17-10-7-15-13(3)4/h5-6,12-13,15H,7-11H2,1-4H3/b6-5-. The number of hydrogen-bond acceptors (Lipinski definition) is 4. The highest BCUT2D eigenvalue weighted by atomic mass is 16.5. The summed E-state index contributed by atoms with van der Waals surface area (Å²) in [4.78, 5) is 11.2. The fourth-order valence-corrected chi connectivity index (χ4v) is 1.10. The lowest BCUT2D eigenvalue weighted by Gasteiger charge is -2.07. The second-order valence-electron chi connectivity index (χ2n) is 4.79. The van der Waals surface area contributed by atoms with Crippen LogP contribution in [0.5, 0.6) is 0 Å². The Morgan fingerprint density at radius 2 is 1.72 bits per heavy atom. The van der Waals surface area contributed by atoms with Gasteiger partial charge >= 0.3 is 0 Å². The van der Waals surface area contributed by atoms with Gasteiger partial charge in [0.15, 0.2) is 5.78 Å². The fourth-order valence-electron chi connectivity index (χ4n) is 1.10. The van der Waals surface area contributed by atoms with Gasteiger partial charge in [0.2, 0.25) is 0 Å². The summed E-state index contributed by atoms with van der Waals surface area (Å²) < 4.78 is 10.6. The molecule has 0 bridgehead atoms. The van der Waals surface area contributed by atoms with Gasteiger partial charge in [-0.1, -0.05) is 39.8 Å². The second kappa shape index (κ2) is 11.4. The van der Waals surface area contributed by atoms with Crippen LogP contribution in [-0.4, -0.2) is 44.8 Å². The zero-order valence-electron chi connectivity index (χ0n) is 12.1. The minimum atomic E-state index is 0.0470. The van der Waals surface area contributed by atoms with Crippen LogP contribution in [0.25, 0.3) is 0 Å². The third kappa shape index (κ3) is 11.8. The highest BCUT2D eigenvalue weighted by Gasteiger charge is 2.05. The van der Waals surface area contributed by atoms with E-state index >= 15 is 0 Å². The molecule has 0 fully saturated rings. The molecular formula is C14H27NO3. The zero-order valence-corrected chi connectivity index (χ0v) is 12.1. The quantitative estimate of drug-likeness (QED) is 0.453. The van der Waals surface area contributed by atoms with Crippen molar-refractivity contribution in [2.75, 3.05) is 33.0 Å². The van der Waals surface area contributed by atoms with Crippen molar-refractivity contribution >= 4 is 5.78 Å². The molecule has 0 unspecified atom stereocenters. The van der Waals surface area contributed by atoms with E-state index in [9.17, 15) is 4.79 Å². The number of hydrogen-bond donors (Lipinski definition) is 1. The number of rotatable bonds is 11. The maximum Gasteiger partial charge on any atom is 0.160 e. The largest absolute Gasteiger partial charge is 0.376 e. The van der Waals surface area contributed by atoms with Gasteiger partial charge in [-0.05, 0) is 0 Å². The fraction of sp³-hybridized carbons (Fsp3) is 0.786. The molecule has 0 amide bonds. The van der Waals surface area contributed by atoms with E-state index in [4.69, 9.17) is 9.47 Å². The van der Waals surface area contributed by atoms with E-state index in [2.05, 4.69) is 19.2 Å². The van der Waals surface area contributed by atoms with Gasteiger partial charge in [0.25, 0.3) is 0 Å². The third-order valence-electron chi connectivity index (χ3n) is 2.28. The molecule has 0 aliphatic rings. The number of nitrogens with one attached hydrogen (secondary N) is 1. The van der Waals surface area contributed by atoms with Crippen LogP contribution in [0.4, 0.5) is 0 Å². The summed E-state index contributed by atoms with van der Waals surface area (Å²) in [6.07, 6.45) is 3.79. The zero-order chi connectivity index (χ0) is 13.8. The molecule has 0 atom stereocenters. The Labute approximate surface area is 111 Å². The van der Waals surface area contributed by atoms with Crippen molar-refractivity contribution in [2.45, 2.75) is 33.7 Å². The molecule has 0 rings (SSSR count). The highest BCUT2D eigenvalue weighted by Crippen LogP contribution is 1.94. The van der Waals surface area contributed by atoms with Gasteiger partial charge in [0.05, 0.1) is 19.8 Å². The average Bonchev–Trinajstić information content (AvgIpc) is 2.30. The first kappa shape index (κ1) is 17.3. The van der Waals surface area contributed by atoms with Crippen molar-refractivity contribution in [3.8, 4) is 0 Å². The lowest BCUT2D eigenvalue weighted by atomic mass is 10.1. The first-order chi connectivity index (χ1) is 8.54. The predicted octanol–water partition coefficient (Wildman–Crippen LogP) is 1.80. The Morgan fingerprint density at radius 3 is 2.28 bits per heavy atom. The van der Waals surface area contributed by atoms with Crippen LogP contribution < -0.4 is 5.32 Å². The molecule has 0 saturated heterocycles. The van der Waals surface area contributed by atoms with Gasteiger partial charge in [-0.15, -0.1) is 0 Å². The number of carbonyl (C=O) groups excluding carboxylic acids is 1. The first-order valence-corrected chi connectivity index (χ1v) is 6.60. The molecule has 0 spiro atoms. The minimum absolute atomic E-state index is 0.0470. The van der Waals surface area contributed by atoms with Gasteiger partial charge in [0.1, 0.15) is 6.61 Å². The molecule has 0 aromatic carbocycles. The molecular weight excluding hydrogens is 230 g/mol. The Morgan fingerprint density at radius 1 is 1.11 bits per heavy atom. The van der Waals surface area contributed by atoms with Crippen LogP contribution in [0.15, 0.2) is 12.2 Å². The van der Waals surface area contributed by atoms with E-state index in [0.717, 1.165) is 6.54 Å². The topological polar surface area (TPSA) is 47.6 Å². The Balaban J connectivity index is 3.26.